The monoisotopic (exact) mass is 221 g/mol. The Morgan fingerprint density at radius 2 is 2.00 bits per heavy atom. The number of hydrogen-bond acceptors (Lipinski definition) is 2. The van der Waals surface area contributed by atoms with Crippen LogP contribution in [0.5, 0.6) is 0 Å². The number of nitrogens with zero attached hydrogens (tertiary/aromatic N) is 2. The van der Waals surface area contributed by atoms with Gasteiger partial charge in [-0.05, 0) is 0 Å². The predicted octanol–water partition coefficient (Wildman–Crippen LogP) is 2.16. The van der Waals surface area contributed by atoms with Crippen molar-refractivity contribution in [3.8, 4) is 11.3 Å². The van der Waals surface area contributed by atoms with Crippen LogP contribution in [0, 0.1) is 0 Å². The molecule has 15 heavy (non-hydrogen) atoms. The van der Waals surface area contributed by atoms with Gasteiger partial charge in [0.1, 0.15) is 0 Å². The molecule has 0 bridgehead atoms. The minimum absolute atomic E-state index is 0.553. The van der Waals surface area contributed by atoms with Crippen LogP contribution >= 0.6 is 11.6 Å². The average molecular weight is 222 g/mol. The molecule has 0 saturated heterocycles. The summed E-state index contributed by atoms with van der Waals surface area (Å²) in [5.74, 6) is 0. The molecule has 0 aliphatic carbocycles. The van der Waals surface area contributed by atoms with E-state index in [9.17, 15) is 0 Å². The highest BCUT2D eigenvalue weighted by molar-refractivity contribution is 6.33. The van der Waals surface area contributed by atoms with Gasteiger partial charge in [0.15, 0.2) is 0 Å². The minimum atomic E-state index is 0.553. The first-order chi connectivity index (χ1) is 7.33. The molecule has 0 aliphatic heterocycles. The van der Waals surface area contributed by atoms with E-state index in [4.69, 9.17) is 17.3 Å². The van der Waals surface area contributed by atoms with Gasteiger partial charge in [0.25, 0.3) is 0 Å². The fourth-order valence-corrected chi connectivity index (χ4v) is 1.79. The van der Waals surface area contributed by atoms with E-state index in [2.05, 4.69) is 5.10 Å². The zero-order valence-electron chi connectivity index (χ0n) is 8.23. The van der Waals surface area contributed by atoms with Crippen LogP contribution in [0.3, 0.4) is 0 Å². The number of benzene rings is 1. The molecule has 0 spiro atoms. The summed E-state index contributed by atoms with van der Waals surface area (Å²) in [4.78, 5) is 0. The van der Waals surface area contributed by atoms with E-state index in [0.29, 0.717) is 18.1 Å². The molecular formula is C11H12ClN3. The van der Waals surface area contributed by atoms with Crippen molar-refractivity contribution in [3.63, 3.8) is 0 Å². The lowest BCUT2D eigenvalue weighted by Gasteiger charge is -2.06. The Hall–Kier alpha value is -1.32. The lowest BCUT2D eigenvalue weighted by atomic mass is 10.1. The summed E-state index contributed by atoms with van der Waals surface area (Å²) in [5.41, 5.74) is 7.51. The molecule has 1 aromatic heterocycles. The maximum atomic E-state index is 6.09. The lowest BCUT2D eigenvalue weighted by molar-refractivity contribution is 0.631. The Kier molecular flexibility index (Phi) is 3.04. The molecule has 0 saturated carbocycles. The summed E-state index contributed by atoms with van der Waals surface area (Å²) >= 11 is 6.09. The van der Waals surface area contributed by atoms with Gasteiger partial charge < -0.3 is 5.73 Å². The fraction of sp³-hybridized carbons (Fsp3) is 0.182. The number of hydrogen-bond donors (Lipinski definition) is 1. The molecule has 1 heterocycles. The number of halogens is 1. The zero-order valence-corrected chi connectivity index (χ0v) is 8.98. The van der Waals surface area contributed by atoms with E-state index in [1.165, 1.54) is 0 Å². The van der Waals surface area contributed by atoms with Crippen molar-refractivity contribution in [2.45, 2.75) is 6.54 Å². The summed E-state index contributed by atoms with van der Waals surface area (Å²) in [7, 11) is 0. The minimum Gasteiger partial charge on any atom is -0.329 e. The summed E-state index contributed by atoms with van der Waals surface area (Å²) < 4.78 is 1.83. The molecule has 2 aromatic rings. The number of nitrogens with two attached hydrogens (primary N) is 1. The molecule has 0 unspecified atom stereocenters. The zero-order chi connectivity index (χ0) is 10.7. The molecular weight excluding hydrogens is 210 g/mol. The second-order valence-electron chi connectivity index (χ2n) is 3.22. The van der Waals surface area contributed by atoms with E-state index in [1.54, 1.807) is 6.20 Å². The van der Waals surface area contributed by atoms with Crippen molar-refractivity contribution in [1.82, 2.24) is 9.78 Å². The standard InChI is InChI=1S/C11H12ClN3/c12-10-8-14-15(7-6-13)11(10)9-4-2-1-3-5-9/h1-5,8H,6-7,13H2. The van der Waals surface area contributed by atoms with E-state index >= 15 is 0 Å². The van der Waals surface area contributed by atoms with Crippen molar-refractivity contribution in [3.05, 3.63) is 41.6 Å². The van der Waals surface area contributed by atoms with Crippen LogP contribution in [0.2, 0.25) is 5.02 Å². The quantitative estimate of drug-likeness (QED) is 0.863. The molecule has 4 heteroatoms. The van der Waals surface area contributed by atoms with E-state index < -0.39 is 0 Å². The van der Waals surface area contributed by atoms with E-state index in [-0.39, 0.29) is 0 Å². The Bertz CT molecular complexity index is 436. The van der Waals surface area contributed by atoms with Crippen LogP contribution in [0.1, 0.15) is 0 Å². The lowest BCUT2D eigenvalue weighted by Crippen LogP contribution is -2.11. The maximum Gasteiger partial charge on any atom is 0.0869 e. The van der Waals surface area contributed by atoms with Crippen LogP contribution in [0.15, 0.2) is 36.5 Å². The molecule has 2 N–H and O–H groups in total. The Balaban J connectivity index is 2.47. The molecule has 1 aromatic carbocycles. The van der Waals surface area contributed by atoms with Crippen LogP contribution in [-0.4, -0.2) is 16.3 Å². The van der Waals surface area contributed by atoms with Crippen LogP contribution in [0.4, 0.5) is 0 Å². The van der Waals surface area contributed by atoms with E-state index in [0.717, 1.165) is 11.3 Å². The van der Waals surface area contributed by atoms with Crippen LogP contribution in [-0.2, 0) is 6.54 Å². The van der Waals surface area contributed by atoms with Gasteiger partial charge in [0.05, 0.1) is 23.5 Å². The van der Waals surface area contributed by atoms with Gasteiger partial charge in [-0.2, -0.15) is 5.10 Å². The first-order valence-corrected chi connectivity index (χ1v) is 5.17. The smallest absolute Gasteiger partial charge is 0.0869 e. The first-order valence-electron chi connectivity index (χ1n) is 4.79. The van der Waals surface area contributed by atoms with Gasteiger partial charge in [-0.25, -0.2) is 0 Å². The second-order valence-corrected chi connectivity index (χ2v) is 3.63. The summed E-state index contributed by atoms with van der Waals surface area (Å²) in [6, 6.07) is 9.95. The van der Waals surface area contributed by atoms with Gasteiger partial charge >= 0.3 is 0 Å². The van der Waals surface area contributed by atoms with Crippen LogP contribution in [0.25, 0.3) is 11.3 Å². The van der Waals surface area contributed by atoms with Crippen LogP contribution < -0.4 is 5.73 Å². The van der Waals surface area contributed by atoms with E-state index in [1.807, 2.05) is 35.0 Å². The second kappa shape index (κ2) is 4.47. The highest BCUT2D eigenvalue weighted by atomic mass is 35.5. The normalized spacial score (nSPS) is 10.5. The Labute approximate surface area is 93.5 Å². The van der Waals surface area contributed by atoms with Gasteiger partial charge in [-0.1, -0.05) is 41.9 Å². The van der Waals surface area contributed by atoms with Crippen molar-refractivity contribution >= 4 is 11.6 Å². The topological polar surface area (TPSA) is 43.8 Å². The molecule has 0 amide bonds. The number of aromatic nitrogens is 2. The third kappa shape index (κ3) is 2.03. The first kappa shape index (κ1) is 10.2. The van der Waals surface area contributed by atoms with Crippen molar-refractivity contribution in [2.24, 2.45) is 5.73 Å². The molecule has 2 rings (SSSR count). The molecule has 0 aliphatic rings. The molecule has 0 atom stereocenters. The van der Waals surface area contributed by atoms with Crippen molar-refractivity contribution in [2.75, 3.05) is 6.54 Å². The Morgan fingerprint density at radius 3 is 2.67 bits per heavy atom. The maximum absolute atomic E-state index is 6.09. The molecule has 0 fully saturated rings. The van der Waals surface area contributed by atoms with Crippen molar-refractivity contribution in [1.29, 1.82) is 0 Å². The summed E-state index contributed by atoms with van der Waals surface area (Å²) in [5, 5.41) is 4.85. The SMILES string of the molecule is NCCn1ncc(Cl)c1-c1ccccc1. The third-order valence-electron chi connectivity index (χ3n) is 2.18. The van der Waals surface area contributed by atoms with Gasteiger partial charge in [0, 0.05) is 12.1 Å². The highest BCUT2D eigenvalue weighted by Gasteiger charge is 2.09. The van der Waals surface area contributed by atoms with Gasteiger partial charge in [-0.15, -0.1) is 0 Å². The summed E-state index contributed by atoms with van der Waals surface area (Å²) in [6.07, 6.45) is 1.65. The average Bonchev–Trinajstić information content (AvgIpc) is 2.62. The number of rotatable bonds is 3. The highest BCUT2D eigenvalue weighted by Crippen LogP contribution is 2.26. The van der Waals surface area contributed by atoms with Gasteiger partial charge in [0.2, 0.25) is 0 Å². The molecule has 0 radical (unpaired) electrons. The van der Waals surface area contributed by atoms with Gasteiger partial charge in [-0.3, -0.25) is 4.68 Å². The third-order valence-corrected chi connectivity index (χ3v) is 2.46. The Morgan fingerprint density at radius 1 is 1.27 bits per heavy atom. The van der Waals surface area contributed by atoms with Crippen molar-refractivity contribution < 1.29 is 0 Å². The molecule has 3 nitrogen and oxygen atoms in total. The largest absolute Gasteiger partial charge is 0.329 e. The fourth-order valence-electron chi connectivity index (χ4n) is 1.54. The molecule has 78 valence electrons. The summed E-state index contributed by atoms with van der Waals surface area (Å²) in [6.45, 7) is 1.23. The predicted molar refractivity (Wildman–Crippen MR) is 61.7 cm³/mol.